The highest BCUT2D eigenvalue weighted by Gasteiger charge is 2.22. The molecule has 0 saturated carbocycles. The Labute approximate surface area is 186 Å². The maximum atomic E-state index is 12.3. The average Bonchev–Trinajstić information content (AvgIpc) is 2.66. The first-order chi connectivity index (χ1) is 14.1. The number of aromatic nitrogens is 1. The zero-order valence-corrected chi connectivity index (χ0v) is 18.9. The van der Waals surface area contributed by atoms with E-state index in [1.54, 1.807) is 44.9 Å². The molecule has 0 aliphatic carbocycles. The number of ether oxygens (including phenoxy) is 2. The maximum Gasteiger partial charge on any atom is 0.313 e. The number of hydrogen-bond acceptors (Lipinski definition) is 6. The predicted molar refractivity (Wildman–Crippen MR) is 116 cm³/mol. The van der Waals surface area contributed by atoms with Gasteiger partial charge in [-0.15, -0.1) is 0 Å². The van der Waals surface area contributed by atoms with Gasteiger partial charge in [0.2, 0.25) is 0 Å². The zero-order valence-electron chi connectivity index (χ0n) is 17.4. The fourth-order valence-corrected chi connectivity index (χ4v) is 3.09. The van der Waals surface area contributed by atoms with Crippen molar-refractivity contribution in [2.75, 3.05) is 7.11 Å². The van der Waals surface area contributed by atoms with Crippen molar-refractivity contribution in [1.29, 1.82) is 0 Å². The number of hydrogen-bond donors (Lipinski definition) is 0. The van der Waals surface area contributed by atoms with Crippen molar-refractivity contribution in [3.63, 3.8) is 0 Å². The number of nitrogens with zero attached hydrogens (tertiary/aromatic N) is 2. The van der Waals surface area contributed by atoms with E-state index in [0.29, 0.717) is 12.1 Å². The van der Waals surface area contributed by atoms with Crippen LogP contribution in [-0.2, 0) is 27.4 Å². The molecule has 2 aromatic rings. The van der Waals surface area contributed by atoms with Crippen molar-refractivity contribution in [1.82, 2.24) is 9.88 Å². The Hall–Kier alpha value is -2.53. The van der Waals surface area contributed by atoms with E-state index in [1.165, 1.54) is 0 Å². The summed E-state index contributed by atoms with van der Waals surface area (Å²) in [5.74, 6) is 2.09. The van der Waals surface area contributed by atoms with Crippen LogP contribution in [0.4, 0.5) is 0 Å². The molecule has 0 fully saturated rings. The Balaban J connectivity index is 2.30. The number of carbonyl (C=O) groups excluding carboxylic acids is 2. The minimum atomic E-state index is -0.657. The topological polar surface area (TPSA) is 68.7 Å². The molecule has 30 heavy (non-hydrogen) atoms. The molecule has 6 nitrogen and oxygen atoms in total. The van der Waals surface area contributed by atoms with Gasteiger partial charge in [-0.25, -0.2) is 9.78 Å². The standard InChI is InChI=1S/C22H24Cl2N2O4/c1-22(2,3)30-20(28)11-17(14-27)26(12-15-5-8-18(29-4)9-6-15)13-16-7-10-19(23)25-21(16)24/h5-10H,11-13H2,1-4H3. The third kappa shape index (κ3) is 7.38. The molecule has 160 valence electrons. The molecule has 0 spiro atoms. The summed E-state index contributed by atoms with van der Waals surface area (Å²) in [6, 6.07) is 10.7. The predicted octanol–water partition coefficient (Wildman–Crippen LogP) is 4.85. The number of pyridine rings is 1. The number of halogens is 2. The highest BCUT2D eigenvalue weighted by molar-refractivity contribution is 6.32. The summed E-state index contributed by atoms with van der Waals surface area (Å²) in [6.07, 6.45) is -0.213. The summed E-state index contributed by atoms with van der Waals surface area (Å²) in [4.78, 5) is 29.8. The fraction of sp³-hybridized carbons (Fsp3) is 0.364. The first kappa shape index (κ1) is 23.7. The SMILES string of the molecule is COc1ccc(CN(Cc2ccc(Cl)nc2Cl)C(=C=O)CC(=O)OC(C)(C)C)cc1. The lowest BCUT2D eigenvalue weighted by Crippen LogP contribution is -2.28. The van der Waals surface area contributed by atoms with Crippen molar-refractivity contribution in [2.24, 2.45) is 0 Å². The van der Waals surface area contributed by atoms with Gasteiger partial charge in [-0.2, -0.15) is 0 Å². The van der Waals surface area contributed by atoms with Crippen LogP contribution in [0.15, 0.2) is 42.1 Å². The minimum Gasteiger partial charge on any atom is -0.497 e. The van der Waals surface area contributed by atoms with Gasteiger partial charge in [0, 0.05) is 18.7 Å². The maximum absolute atomic E-state index is 12.3. The van der Waals surface area contributed by atoms with Gasteiger partial charge in [0.05, 0.1) is 13.5 Å². The molecule has 0 aliphatic heterocycles. The van der Waals surface area contributed by atoms with Crippen LogP contribution in [0.3, 0.4) is 0 Å². The molecule has 0 N–H and O–H groups in total. The lowest BCUT2D eigenvalue weighted by atomic mass is 10.1. The molecule has 0 amide bonds. The Morgan fingerprint density at radius 1 is 1.10 bits per heavy atom. The second-order valence-corrected chi connectivity index (χ2v) is 8.35. The van der Waals surface area contributed by atoms with Gasteiger partial charge in [-0.05, 0) is 44.5 Å². The molecule has 0 aliphatic rings. The van der Waals surface area contributed by atoms with Crippen LogP contribution in [0.5, 0.6) is 5.75 Å². The molecule has 8 heteroatoms. The summed E-state index contributed by atoms with van der Waals surface area (Å²) >= 11 is 12.1. The van der Waals surface area contributed by atoms with Crippen LogP contribution in [-0.4, -0.2) is 34.5 Å². The smallest absolute Gasteiger partial charge is 0.313 e. The quantitative estimate of drug-likeness (QED) is 0.325. The fourth-order valence-electron chi connectivity index (χ4n) is 2.69. The van der Waals surface area contributed by atoms with E-state index in [2.05, 4.69) is 4.98 Å². The molecule has 0 atom stereocenters. The number of rotatable bonds is 8. The lowest BCUT2D eigenvalue weighted by Gasteiger charge is -2.26. The first-order valence-corrected chi connectivity index (χ1v) is 10.0. The highest BCUT2D eigenvalue weighted by atomic mass is 35.5. The van der Waals surface area contributed by atoms with Crippen LogP contribution in [0.1, 0.15) is 38.3 Å². The number of esters is 1. The second-order valence-electron chi connectivity index (χ2n) is 7.60. The largest absolute Gasteiger partial charge is 0.497 e. The normalized spacial score (nSPS) is 10.9. The summed E-state index contributed by atoms with van der Waals surface area (Å²) in [5, 5.41) is 0.495. The van der Waals surface area contributed by atoms with Gasteiger partial charge in [0.25, 0.3) is 0 Å². The molecule has 0 radical (unpaired) electrons. The van der Waals surface area contributed by atoms with Crippen molar-refractivity contribution < 1.29 is 19.1 Å². The van der Waals surface area contributed by atoms with Crippen molar-refractivity contribution in [2.45, 2.75) is 45.9 Å². The van der Waals surface area contributed by atoms with Gasteiger partial charge in [0.15, 0.2) is 0 Å². The summed E-state index contributed by atoms with van der Waals surface area (Å²) in [6.45, 7) is 5.88. The zero-order chi connectivity index (χ0) is 22.3. The van der Waals surface area contributed by atoms with Crippen molar-refractivity contribution >= 4 is 35.1 Å². The van der Waals surface area contributed by atoms with Gasteiger partial charge in [0.1, 0.15) is 33.3 Å². The van der Waals surface area contributed by atoms with E-state index in [9.17, 15) is 9.59 Å². The van der Waals surface area contributed by atoms with E-state index in [-0.39, 0.29) is 29.0 Å². The monoisotopic (exact) mass is 450 g/mol. The van der Waals surface area contributed by atoms with E-state index in [4.69, 9.17) is 32.7 Å². The Kier molecular flexibility index (Phi) is 8.30. The lowest BCUT2D eigenvalue weighted by molar-refractivity contribution is -0.154. The average molecular weight is 451 g/mol. The summed E-state index contributed by atoms with van der Waals surface area (Å²) < 4.78 is 10.5. The highest BCUT2D eigenvalue weighted by Crippen LogP contribution is 2.24. The van der Waals surface area contributed by atoms with Gasteiger partial charge >= 0.3 is 5.97 Å². The number of methoxy groups -OCH3 is 1. The van der Waals surface area contributed by atoms with Crippen LogP contribution in [0.25, 0.3) is 0 Å². The molecule has 2 rings (SSSR count). The van der Waals surface area contributed by atoms with Crippen LogP contribution < -0.4 is 4.74 Å². The van der Waals surface area contributed by atoms with E-state index in [0.717, 1.165) is 11.3 Å². The van der Waals surface area contributed by atoms with Gasteiger partial charge in [-0.3, -0.25) is 4.79 Å². The van der Waals surface area contributed by atoms with Crippen LogP contribution >= 0.6 is 23.2 Å². The Bertz CT molecular complexity index is 933. The first-order valence-electron chi connectivity index (χ1n) is 9.26. The Morgan fingerprint density at radius 2 is 1.77 bits per heavy atom. The minimum absolute atomic E-state index is 0.158. The molecule has 1 aromatic heterocycles. The second kappa shape index (κ2) is 10.5. The number of carbonyl (C=O) groups is 1. The molecule has 0 saturated heterocycles. The molecule has 0 bridgehead atoms. The molecular weight excluding hydrogens is 427 g/mol. The van der Waals surface area contributed by atoms with E-state index in [1.807, 2.05) is 30.2 Å². The molecule has 0 unspecified atom stereocenters. The van der Waals surface area contributed by atoms with Gasteiger partial charge < -0.3 is 14.4 Å². The summed E-state index contributed by atoms with van der Waals surface area (Å²) in [5.41, 5.74) is 1.07. The summed E-state index contributed by atoms with van der Waals surface area (Å²) in [7, 11) is 1.59. The van der Waals surface area contributed by atoms with Gasteiger partial charge in [-0.1, -0.05) is 41.4 Å². The molecule has 1 heterocycles. The van der Waals surface area contributed by atoms with E-state index >= 15 is 0 Å². The molecular formula is C22H24Cl2N2O4. The van der Waals surface area contributed by atoms with Crippen LogP contribution in [0.2, 0.25) is 10.3 Å². The van der Waals surface area contributed by atoms with Crippen LogP contribution in [0, 0.1) is 0 Å². The van der Waals surface area contributed by atoms with Crippen molar-refractivity contribution in [3.8, 4) is 5.75 Å². The Morgan fingerprint density at radius 3 is 2.30 bits per heavy atom. The van der Waals surface area contributed by atoms with Crippen molar-refractivity contribution in [3.05, 3.63) is 63.5 Å². The number of benzene rings is 1. The third-order valence-electron chi connectivity index (χ3n) is 4.02. The molecule has 1 aromatic carbocycles. The third-order valence-corrected chi connectivity index (χ3v) is 4.55. The van der Waals surface area contributed by atoms with E-state index < -0.39 is 11.6 Å².